The van der Waals surface area contributed by atoms with Gasteiger partial charge >= 0.3 is 7.12 Å². The molecule has 0 saturated carbocycles. The highest BCUT2D eigenvalue weighted by Gasteiger charge is 2.35. The van der Waals surface area contributed by atoms with E-state index in [2.05, 4.69) is 19.1 Å². The normalized spacial score (nSPS) is 15.8. The van der Waals surface area contributed by atoms with Crippen LogP contribution in [0.25, 0.3) is 0 Å². The van der Waals surface area contributed by atoms with Crippen molar-refractivity contribution in [3.63, 3.8) is 0 Å². The summed E-state index contributed by atoms with van der Waals surface area (Å²) in [5.41, 5.74) is 5.14. The number of nitro benzene ring substituents is 1. The van der Waals surface area contributed by atoms with Gasteiger partial charge in [0.25, 0.3) is 5.69 Å². The number of nitrogens with zero attached hydrogens (tertiary/aromatic N) is 1. The Labute approximate surface area is 178 Å². The van der Waals surface area contributed by atoms with E-state index >= 15 is 0 Å². The topological polar surface area (TPSA) is 61.6 Å². The van der Waals surface area contributed by atoms with Gasteiger partial charge in [-0.3, -0.25) is 10.1 Å². The van der Waals surface area contributed by atoms with Crippen LogP contribution in [0, 0.1) is 30.9 Å². The van der Waals surface area contributed by atoms with Gasteiger partial charge in [0, 0.05) is 12.7 Å². The molecule has 5 nitrogen and oxygen atoms in total. The second-order valence-electron chi connectivity index (χ2n) is 7.40. The van der Waals surface area contributed by atoms with Gasteiger partial charge in [-0.25, -0.2) is 0 Å². The quantitative estimate of drug-likeness (QED) is 0.348. The van der Waals surface area contributed by atoms with Crippen molar-refractivity contribution in [2.45, 2.75) is 33.3 Å². The molecule has 1 saturated heterocycles. The first kappa shape index (κ1) is 21.7. The first-order chi connectivity index (χ1) is 14.5. The minimum absolute atomic E-state index is 0.0977. The molecule has 0 N–H and O–H groups in total. The maximum atomic E-state index is 11.3. The van der Waals surface area contributed by atoms with Crippen molar-refractivity contribution in [1.82, 2.24) is 0 Å². The number of nitro groups is 1. The van der Waals surface area contributed by atoms with Crippen molar-refractivity contribution < 1.29 is 14.2 Å². The Balaban J connectivity index is 0.000000367. The molecule has 0 unspecified atom stereocenters. The molecule has 1 heterocycles. The van der Waals surface area contributed by atoms with Crippen molar-refractivity contribution in [3.8, 4) is 0 Å². The maximum Gasteiger partial charge on any atom is 0.494 e. The van der Waals surface area contributed by atoms with Gasteiger partial charge in [-0.1, -0.05) is 77.4 Å². The fourth-order valence-electron chi connectivity index (χ4n) is 3.79. The van der Waals surface area contributed by atoms with Crippen LogP contribution in [0.4, 0.5) is 5.69 Å². The summed E-state index contributed by atoms with van der Waals surface area (Å²) in [4.78, 5) is 10.9. The summed E-state index contributed by atoms with van der Waals surface area (Å²) < 4.78 is 11.9. The van der Waals surface area contributed by atoms with Crippen LogP contribution in [0.15, 0.2) is 72.8 Å². The predicted molar refractivity (Wildman–Crippen MR) is 120 cm³/mol. The third-order valence-electron chi connectivity index (χ3n) is 5.06. The molecule has 154 valence electrons. The fourth-order valence-corrected chi connectivity index (χ4v) is 3.79. The molecule has 1 atom stereocenters. The Morgan fingerprint density at radius 3 is 2.07 bits per heavy atom. The highest BCUT2D eigenvalue weighted by atomic mass is 16.6. The molecule has 3 aromatic carbocycles. The van der Waals surface area contributed by atoms with Gasteiger partial charge < -0.3 is 9.31 Å². The first-order valence-corrected chi connectivity index (χ1v) is 10.1. The molecule has 1 aliphatic heterocycles. The first-order valence-electron chi connectivity index (χ1n) is 10.1. The molecule has 1 fully saturated rings. The van der Waals surface area contributed by atoms with Crippen LogP contribution in [0.1, 0.15) is 34.8 Å². The Morgan fingerprint density at radius 2 is 1.50 bits per heavy atom. The van der Waals surface area contributed by atoms with E-state index in [1.165, 1.54) is 11.6 Å². The Hall–Kier alpha value is -2.96. The Morgan fingerprint density at radius 1 is 0.933 bits per heavy atom. The van der Waals surface area contributed by atoms with Crippen molar-refractivity contribution in [3.05, 3.63) is 105 Å². The lowest BCUT2D eigenvalue weighted by atomic mass is 9.71. The monoisotopic (exact) mass is 403 g/mol. The number of hydrogen-bond acceptors (Lipinski definition) is 4. The minimum Gasteiger partial charge on any atom is -0.407 e. The van der Waals surface area contributed by atoms with Crippen LogP contribution in [-0.4, -0.2) is 18.6 Å². The molecule has 0 radical (unpaired) electrons. The van der Waals surface area contributed by atoms with Gasteiger partial charge in [0.05, 0.1) is 16.6 Å². The van der Waals surface area contributed by atoms with Gasteiger partial charge in [-0.2, -0.15) is 0 Å². The smallest absolute Gasteiger partial charge is 0.407 e. The number of para-hydroxylation sites is 1. The molecule has 0 spiro atoms. The summed E-state index contributed by atoms with van der Waals surface area (Å²) in [6.07, 6.45) is 0.260. The number of benzene rings is 3. The van der Waals surface area contributed by atoms with Gasteiger partial charge in [-0.05, 0) is 38.7 Å². The van der Waals surface area contributed by atoms with E-state index in [1.807, 2.05) is 50.2 Å². The van der Waals surface area contributed by atoms with Crippen molar-refractivity contribution in [2.75, 3.05) is 6.61 Å². The van der Waals surface area contributed by atoms with Crippen LogP contribution in [0.3, 0.4) is 0 Å². The Kier molecular flexibility index (Phi) is 7.38. The third-order valence-corrected chi connectivity index (χ3v) is 5.06. The largest absolute Gasteiger partial charge is 0.494 e. The van der Waals surface area contributed by atoms with Gasteiger partial charge in [-0.15, -0.1) is 0 Å². The molecule has 30 heavy (non-hydrogen) atoms. The molecule has 0 bridgehead atoms. The maximum absolute atomic E-state index is 11.3. The molecule has 1 aliphatic rings. The fraction of sp³-hybridized carbons (Fsp3) is 0.250. The molecular formula is C24H26BNO4. The lowest BCUT2D eigenvalue weighted by molar-refractivity contribution is -0.386. The summed E-state index contributed by atoms with van der Waals surface area (Å²) in [5.74, 6) is 0. The third kappa shape index (κ3) is 5.35. The Bertz CT molecular complexity index is 944. The molecular weight excluding hydrogens is 377 g/mol. The second kappa shape index (κ2) is 10.2. The molecule has 3 aromatic rings. The van der Waals surface area contributed by atoms with E-state index in [4.69, 9.17) is 9.31 Å². The molecule has 0 amide bonds. The highest BCUT2D eigenvalue weighted by molar-refractivity contribution is 6.62. The van der Waals surface area contributed by atoms with E-state index in [-0.39, 0.29) is 16.7 Å². The van der Waals surface area contributed by atoms with Crippen LogP contribution in [0.2, 0.25) is 0 Å². The zero-order chi connectivity index (χ0) is 21.5. The summed E-state index contributed by atoms with van der Waals surface area (Å²) in [5, 5.41) is 11.3. The summed E-state index contributed by atoms with van der Waals surface area (Å²) in [7, 11) is -0.496. The summed E-state index contributed by atoms with van der Waals surface area (Å²) in [6.45, 7) is 6.64. The van der Waals surface area contributed by atoms with E-state index in [1.54, 1.807) is 18.2 Å². The van der Waals surface area contributed by atoms with Gasteiger partial charge in [0.1, 0.15) is 0 Å². The van der Waals surface area contributed by atoms with Crippen molar-refractivity contribution >= 4 is 18.3 Å². The van der Waals surface area contributed by atoms with E-state index in [0.717, 1.165) is 16.6 Å². The number of rotatable bonds is 3. The zero-order valence-electron chi connectivity index (χ0n) is 17.6. The van der Waals surface area contributed by atoms with Crippen LogP contribution in [-0.2, 0) is 9.31 Å². The standard InChI is InChI=1S/C18H20BNO4.C6H6/c1-12-10-13(2)18(14(3)11-12)19-23-9-8-17(24-19)15-6-4-5-7-16(15)20(21)22;1-2-4-6-5-3-1/h4-7,10-11,17H,8-9H2,1-3H3;1-6H/t17-;/m0./s1. The van der Waals surface area contributed by atoms with Gasteiger partial charge in [0.15, 0.2) is 0 Å². The highest BCUT2D eigenvalue weighted by Crippen LogP contribution is 2.32. The van der Waals surface area contributed by atoms with Crippen LogP contribution in [0.5, 0.6) is 0 Å². The second-order valence-corrected chi connectivity index (χ2v) is 7.40. The molecule has 4 rings (SSSR count). The zero-order valence-corrected chi connectivity index (χ0v) is 17.6. The number of hydrogen-bond donors (Lipinski definition) is 0. The van der Waals surface area contributed by atoms with Crippen LogP contribution >= 0.6 is 0 Å². The van der Waals surface area contributed by atoms with Crippen molar-refractivity contribution in [2.24, 2.45) is 0 Å². The lowest BCUT2D eigenvalue weighted by Gasteiger charge is -2.30. The lowest BCUT2D eigenvalue weighted by Crippen LogP contribution is -2.44. The molecule has 6 heteroatoms. The average Bonchev–Trinajstić information content (AvgIpc) is 2.75. The van der Waals surface area contributed by atoms with E-state index in [9.17, 15) is 10.1 Å². The average molecular weight is 403 g/mol. The summed E-state index contributed by atoms with van der Waals surface area (Å²) >= 11 is 0. The predicted octanol–water partition coefficient (Wildman–Crippen LogP) is 5.08. The number of aryl methyl sites for hydroxylation is 3. The van der Waals surface area contributed by atoms with E-state index in [0.29, 0.717) is 18.6 Å². The van der Waals surface area contributed by atoms with Crippen molar-refractivity contribution in [1.29, 1.82) is 0 Å². The van der Waals surface area contributed by atoms with Gasteiger partial charge in [0.2, 0.25) is 0 Å². The molecule has 0 aliphatic carbocycles. The van der Waals surface area contributed by atoms with E-state index < -0.39 is 7.12 Å². The minimum atomic E-state index is -0.496. The summed E-state index contributed by atoms with van der Waals surface area (Å²) in [6, 6.07) is 23.0. The van der Waals surface area contributed by atoms with Crippen LogP contribution < -0.4 is 5.46 Å². The SMILES string of the molecule is Cc1cc(C)c(B2OCC[C@@H](c3ccccc3[N+](=O)[O-])O2)c(C)c1.c1ccccc1. The molecule has 0 aromatic heterocycles.